The lowest BCUT2D eigenvalue weighted by Crippen LogP contribution is -2.30. The molecule has 1 unspecified atom stereocenters. The van der Waals surface area contributed by atoms with Crippen LogP contribution in [0.1, 0.15) is 99.9 Å². The summed E-state index contributed by atoms with van der Waals surface area (Å²) < 4.78 is 44.7. The van der Waals surface area contributed by atoms with Crippen LogP contribution in [0.25, 0.3) is 11.0 Å². The standard InChI is InChI=1S/C25H40N2O3.C20H19N3O4S.ClH.H2O4S/c1-7-8-9-10-11-12-14-27-15-13-19-17(2)20(16-21(28)29)18(3)22(23(19)27)26-24(30)25(4,5)6;1-23-16-10-14(26-2)7-8-15(16)21-18(23)11-27-13-5-3-12(4-6-13)9-17-19(24)22-20(25)28-17;;1-5(2,3)4/h7-16H2,1-6H3,(H,26,30)(H,28,29);3-8,10,17H,9,11H2,1-2H3,(H,22,24,25);1H;(H2,1,2,3,4). The van der Waals surface area contributed by atoms with Crippen molar-refractivity contribution in [1.29, 1.82) is 0 Å². The van der Waals surface area contributed by atoms with Crippen LogP contribution < -0.4 is 25.0 Å². The lowest BCUT2D eigenvalue weighted by molar-refractivity contribution is -0.136. The number of imide groups is 1. The molecule has 5 N–H and O–H groups in total. The molecule has 19 heteroatoms. The van der Waals surface area contributed by atoms with E-state index in [1.54, 1.807) is 7.11 Å². The van der Waals surface area contributed by atoms with E-state index in [9.17, 15) is 24.3 Å². The number of thioether (sulfide) groups is 1. The average Bonchev–Trinajstić information content (AvgIpc) is 3.88. The molecule has 1 atom stereocenters. The zero-order valence-corrected chi connectivity index (χ0v) is 40.2. The van der Waals surface area contributed by atoms with Crippen LogP contribution in [0.5, 0.6) is 11.5 Å². The molecule has 352 valence electrons. The predicted octanol–water partition coefficient (Wildman–Crippen LogP) is 8.46. The molecule has 2 aliphatic heterocycles. The first-order chi connectivity index (χ1) is 29.6. The van der Waals surface area contributed by atoms with Crippen LogP contribution in [0, 0.1) is 19.3 Å². The summed E-state index contributed by atoms with van der Waals surface area (Å²) in [6, 6.07) is 13.3. The number of unbranched alkanes of at least 4 members (excludes halogenated alkanes) is 5. The minimum atomic E-state index is -4.67. The number of fused-ring (bicyclic) bond motifs is 2. The third-order valence-electron chi connectivity index (χ3n) is 10.9. The Morgan fingerprint density at radius 1 is 0.984 bits per heavy atom. The number of hydrogen-bond acceptors (Lipinski definition) is 11. The Morgan fingerprint density at radius 2 is 1.61 bits per heavy atom. The van der Waals surface area contributed by atoms with Gasteiger partial charge in [-0.05, 0) is 85.2 Å². The zero-order chi connectivity index (χ0) is 46.6. The maximum Gasteiger partial charge on any atom is 0.394 e. The Morgan fingerprint density at radius 3 is 2.19 bits per heavy atom. The Bertz CT molecular complexity index is 2370. The zero-order valence-electron chi connectivity index (χ0n) is 37.8. The molecule has 3 amide bonds. The number of aromatic nitrogens is 2. The summed E-state index contributed by atoms with van der Waals surface area (Å²) in [6.45, 7) is 14.2. The summed E-state index contributed by atoms with van der Waals surface area (Å²) >= 11 is 1.04. The van der Waals surface area contributed by atoms with Gasteiger partial charge in [0.2, 0.25) is 11.8 Å². The lowest BCUT2D eigenvalue weighted by atomic mass is 9.90. The molecule has 3 aromatic carbocycles. The Labute approximate surface area is 386 Å². The number of ether oxygens (including phenoxy) is 2. The molecule has 0 aliphatic carbocycles. The van der Waals surface area contributed by atoms with Gasteiger partial charge in [0.25, 0.3) is 5.24 Å². The minimum Gasteiger partial charge on any atom is -0.497 e. The second-order valence-electron chi connectivity index (χ2n) is 16.6. The number of rotatable bonds is 16. The number of amides is 3. The number of anilines is 2. The first-order valence-electron chi connectivity index (χ1n) is 21.0. The lowest BCUT2D eigenvalue weighted by Gasteiger charge is -2.28. The van der Waals surface area contributed by atoms with Crippen molar-refractivity contribution in [2.24, 2.45) is 12.5 Å². The van der Waals surface area contributed by atoms with Gasteiger partial charge in [0.05, 0.1) is 41.2 Å². The number of aryl methyl sites for hydroxylation is 1. The molecule has 1 saturated heterocycles. The number of carboxylic acids is 1. The fraction of sp³-hybridized carbons (Fsp3) is 0.489. The van der Waals surface area contributed by atoms with E-state index in [1.165, 1.54) is 37.7 Å². The minimum absolute atomic E-state index is 0. The highest BCUT2D eigenvalue weighted by Gasteiger charge is 2.32. The number of benzene rings is 3. The summed E-state index contributed by atoms with van der Waals surface area (Å²) in [4.78, 5) is 54.2. The maximum atomic E-state index is 12.8. The molecule has 64 heavy (non-hydrogen) atoms. The largest absolute Gasteiger partial charge is 0.497 e. The van der Waals surface area contributed by atoms with Gasteiger partial charge < -0.3 is 29.4 Å². The number of carbonyl (C=O) groups is 4. The summed E-state index contributed by atoms with van der Waals surface area (Å²) in [6.07, 6.45) is 8.91. The molecule has 4 aromatic rings. The van der Waals surface area contributed by atoms with Crippen LogP contribution >= 0.6 is 24.2 Å². The van der Waals surface area contributed by atoms with Gasteiger partial charge in [0.1, 0.15) is 23.9 Å². The first-order valence-corrected chi connectivity index (χ1v) is 23.2. The Kier molecular flexibility index (Phi) is 19.9. The topological polar surface area (TPSA) is 227 Å². The summed E-state index contributed by atoms with van der Waals surface area (Å²) in [5, 5.41) is 14.2. The number of carbonyl (C=O) groups excluding carboxylic acids is 3. The van der Waals surface area contributed by atoms with Gasteiger partial charge >= 0.3 is 16.4 Å². The number of hydrogen-bond donors (Lipinski definition) is 5. The Balaban J connectivity index is 0.000000304. The van der Waals surface area contributed by atoms with Gasteiger partial charge in [-0.1, -0.05) is 83.7 Å². The van der Waals surface area contributed by atoms with E-state index < -0.39 is 21.8 Å². The molecule has 16 nitrogen and oxygen atoms in total. The number of nitrogens with zero attached hydrogens (tertiary/aromatic N) is 3. The predicted molar refractivity (Wildman–Crippen MR) is 253 cm³/mol. The number of halogens is 1. The van der Waals surface area contributed by atoms with Crippen LogP contribution in [0.2, 0.25) is 0 Å². The molecular weight excluding hydrogens is 886 g/mol. The molecule has 0 saturated carbocycles. The van der Waals surface area contributed by atoms with E-state index >= 15 is 0 Å². The fourth-order valence-corrected chi connectivity index (χ4v) is 8.26. The molecule has 6 rings (SSSR count). The van der Waals surface area contributed by atoms with Crippen molar-refractivity contribution in [3.05, 3.63) is 76.1 Å². The molecular formula is C45H62ClN5O11S2. The SMILES string of the molecule is CCCCCCCCN1CCc2c(C)c(CC(=O)O)c(C)c(NC(=O)C(C)(C)C)c21.COc1ccc2nc(COc3ccc(CC4SC(=O)NC4=O)cc3)n(C)c2c1.Cl.O=S(=O)(O)O. The van der Waals surface area contributed by atoms with Crippen molar-refractivity contribution in [2.75, 3.05) is 30.4 Å². The molecule has 3 heterocycles. The van der Waals surface area contributed by atoms with Crippen molar-refractivity contribution in [3.8, 4) is 11.5 Å². The third kappa shape index (κ3) is 15.4. The van der Waals surface area contributed by atoms with Crippen molar-refractivity contribution in [2.45, 2.75) is 111 Å². The highest BCUT2D eigenvalue weighted by atomic mass is 35.5. The van der Waals surface area contributed by atoms with Crippen LogP contribution in [-0.2, 0) is 57.7 Å². The van der Waals surface area contributed by atoms with Gasteiger partial charge in [-0.2, -0.15) is 8.42 Å². The van der Waals surface area contributed by atoms with E-state index in [1.807, 2.05) is 88.7 Å². The number of aliphatic carboxylic acids is 1. The number of imidazole rings is 1. The molecule has 2 aliphatic rings. The fourth-order valence-electron chi connectivity index (χ4n) is 7.40. The number of nitrogens with one attached hydrogen (secondary N) is 2. The smallest absolute Gasteiger partial charge is 0.394 e. The van der Waals surface area contributed by atoms with Crippen molar-refractivity contribution in [3.63, 3.8) is 0 Å². The maximum absolute atomic E-state index is 12.8. The quantitative estimate of drug-likeness (QED) is 0.0525. The van der Waals surface area contributed by atoms with Gasteiger partial charge in [-0.25, -0.2) is 4.98 Å². The van der Waals surface area contributed by atoms with Crippen LogP contribution in [0.4, 0.5) is 16.2 Å². The van der Waals surface area contributed by atoms with Gasteiger partial charge in [-0.3, -0.25) is 33.6 Å². The van der Waals surface area contributed by atoms with Crippen LogP contribution in [0.15, 0.2) is 42.5 Å². The van der Waals surface area contributed by atoms with Gasteiger partial charge in [0.15, 0.2) is 0 Å². The van der Waals surface area contributed by atoms with E-state index in [0.29, 0.717) is 18.8 Å². The molecule has 1 aromatic heterocycles. The van der Waals surface area contributed by atoms with Crippen molar-refractivity contribution in [1.82, 2.24) is 14.9 Å². The molecule has 0 radical (unpaired) electrons. The van der Waals surface area contributed by atoms with Crippen molar-refractivity contribution < 1.29 is 51.3 Å². The summed E-state index contributed by atoms with van der Waals surface area (Å²) in [7, 11) is -1.08. The van der Waals surface area contributed by atoms with Gasteiger partial charge in [-0.15, -0.1) is 12.4 Å². The van der Waals surface area contributed by atoms with Crippen LogP contribution in [0.3, 0.4) is 0 Å². The van der Waals surface area contributed by atoms with Crippen LogP contribution in [-0.4, -0.2) is 80.7 Å². The van der Waals surface area contributed by atoms with E-state index in [2.05, 4.69) is 27.4 Å². The summed E-state index contributed by atoms with van der Waals surface area (Å²) in [5.74, 6) is 1.21. The molecule has 0 bridgehead atoms. The second-order valence-corrected chi connectivity index (χ2v) is 18.7. The second kappa shape index (κ2) is 23.9. The highest BCUT2D eigenvalue weighted by molar-refractivity contribution is 8.15. The molecule has 0 spiro atoms. The Hall–Kier alpha value is -4.88. The summed E-state index contributed by atoms with van der Waals surface area (Å²) in [5.41, 5.74) is 8.27. The van der Waals surface area contributed by atoms with E-state index in [0.717, 1.165) is 93.9 Å². The number of methoxy groups -OCH3 is 1. The van der Waals surface area contributed by atoms with Gasteiger partial charge in [0, 0.05) is 31.6 Å². The third-order valence-corrected chi connectivity index (χ3v) is 11.9. The normalized spacial score (nSPS) is 14.4. The van der Waals surface area contributed by atoms with E-state index in [4.69, 9.17) is 27.0 Å². The first kappa shape index (κ1) is 53.5. The van der Waals surface area contributed by atoms with Crippen molar-refractivity contribution >= 4 is 80.0 Å². The highest BCUT2D eigenvalue weighted by Crippen LogP contribution is 2.43. The van der Waals surface area contributed by atoms with E-state index in [-0.39, 0.29) is 41.1 Å². The monoisotopic (exact) mass is 947 g/mol. The molecule has 1 fully saturated rings. The number of carboxylic acid groups (broad SMARTS) is 1. The average molecular weight is 949 g/mol.